The van der Waals surface area contributed by atoms with Gasteiger partial charge in [0.05, 0.1) is 10.2 Å². The predicted octanol–water partition coefficient (Wildman–Crippen LogP) is 5.61. The second-order valence-corrected chi connectivity index (χ2v) is 8.09. The molecule has 0 aliphatic rings. The molecular weight excluding hydrogens is 394 g/mol. The highest BCUT2D eigenvalue weighted by Crippen LogP contribution is 2.31. The Hall–Kier alpha value is -3.51. The molecule has 1 atom stereocenters. The molecule has 6 heteroatoms. The van der Waals surface area contributed by atoms with E-state index in [9.17, 15) is 9.59 Å². The number of carbonyl (C=O) groups is 2. The molecule has 150 valence electrons. The average molecular weight is 416 g/mol. The van der Waals surface area contributed by atoms with Crippen molar-refractivity contribution in [2.75, 3.05) is 10.6 Å². The molecule has 0 spiro atoms. The molecule has 0 fully saturated rings. The number of carbonyl (C=O) groups excluding carboxylic acids is 2. The molecule has 1 amide bonds. The third-order valence-corrected chi connectivity index (χ3v) is 5.82. The molecule has 4 rings (SSSR count). The summed E-state index contributed by atoms with van der Waals surface area (Å²) in [6.07, 6.45) is 0. The molecule has 0 unspecified atom stereocenters. The maximum atomic E-state index is 12.6. The van der Waals surface area contributed by atoms with Gasteiger partial charge in [0.15, 0.2) is 5.78 Å². The quantitative estimate of drug-likeness (QED) is 0.402. The maximum Gasteiger partial charge on any atom is 0.246 e. The van der Waals surface area contributed by atoms with Crippen LogP contribution in [0.3, 0.4) is 0 Å². The van der Waals surface area contributed by atoms with Gasteiger partial charge in [-0.1, -0.05) is 24.3 Å². The minimum Gasteiger partial charge on any atom is -0.374 e. The maximum absolute atomic E-state index is 12.6. The monoisotopic (exact) mass is 415 g/mol. The molecule has 1 heterocycles. The van der Waals surface area contributed by atoms with E-state index in [1.54, 1.807) is 35.6 Å². The number of thiazole rings is 1. The van der Waals surface area contributed by atoms with Crippen LogP contribution in [0.5, 0.6) is 0 Å². The summed E-state index contributed by atoms with van der Waals surface area (Å²) in [7, 11) is 0. The third kappa shape index (κ3) is 4.39. The zero-order chi connectivity index (χ0) is 21.1. The number of hydrogen-bond donors (Lipinski definition) is 2. The van der Waals surface area contributed by atoms with Crippen molar-refractivity contribution >= 4 is 44.6 Å². The van der Waals surface area contributed by atoms with E-state index in [2.05, 4.69) is 16.7 Å². The van der Waals surface area contributed by atoms with E-state index in [1.165, 1.54) is 6.92 Å². The van der Waals surface area contributed by atoms with E-state index in [-0.39, 0.29) is 11.7 Å². The smallest absolute Gasteiger partial charge is 0.246 e. The number of amides is 1. The van der Waals surface area contributed by atoms with Gasteiger partial charge in [0, 0.05) is 22.5 Å². The number of para-hydroxylation sites is 1. The highest BCUT2D eigenvalue weighted by atomic mass is 32.1. The highest BCUT2D eigenvalue weighted by molar-refractivity contribution is 7.21. The van der Waals surface area contributed by atoms with Crippen LogP contribution in [0.15, 0.2) is 72.8 Å². The highest BCUT2D eigenvalue weighted by Gasteiger charge is 2.14. The van der Waals surface area contributed by atoms with Crippen LogP contribution in [0.4, 0.5) is 11.4 Å². The fourth-order valence-electron chi connectivity index (χ4n) is 3.09. The largest absolute Gasteiger partial charge is 0.374 e. The van der Waals surface area contributed by atoms with E-state index < -0.39 is 6.04 Å². The Morgan fingerprint density at radius 1 is 0.933 bits per heavy atom. The number of Topliss-reactive ketones (excluding diaryl/α,β-unsaturated/α-hetero) is 1. The van der Waals surface area contributed by atoms with Crippen LogP contribution in [0.25, 0.3) is 20.8 Å². The fraction of sp³-hybridized carbons (Fsp3) is 0.125. The first-order valence-corrected chi connectivity index (χ1v) is 10.5. The number of fused-ring (bicyclic) bond motifs is 1. The number of nitrogens with zero attached hydrogens (tertiary/aromatic N) is 1. The van der Waals surface area contributed by atoms with E-state index >= 15 is 0 Å². The first-order valence-electron chi connectivity index (χ1n) is 9.64. The first-order chi connectivity index (χ1) is 14.5. The lowest BCUT2D eigenvalue weighted by atomic mass is 10.1. The van der Waals surface area contributed by atoms with E-state index in [0.717, 1.165) is 26.5 Å². The summed E-state index contributed by atoms with van der Waals surface area (Å²) < 4.78 is 1.15. The minimum atomic E-state index is -0.442. The van der Waals surface area contributed by atoms with Crippen LogP contribution in [-0.4, -0.2) is 22.7 Å². The number of rotatable bonds is 6. The van der Waals surface area contributed by atoms with Gasteiger partial charge < -0.3 is 10.6 Å². The molecule has 0 aliphatic heterocycles. The lowest BCUT2D eigenvalue weighted by Gasteiger charge is -2.16. The van der Waals surface area contributed by atoms with Gasteiger partial charge in [-0.05, 0) is 62.4 Å². The van der Waals surface area contributed by atoms with Crippen LogP contribution in [0.1, 0.15) is 24.2 Å². The van der Waals surface area contributed by atoms with Crippen LogP contribution in [0.2, 0.25) is 0 Å². The lowest BCUT2D eigenvalue weighted by Crippen LogP contribution is -2.31. The number of ketones is 1. The van der Waals surface area contributed by atoms with E-state index in [1.807, 2.05) is 49.4 Å². The van der Waals surface area contributed by atoms with Gasteiger partial charge in [0.1, 0.15) is 11.0 Å². The normalized spacial score (nSPS) is 11.8. The SMILES string of the molecule is CC(=O)c1ccc(NC(=O)[C@H](C)Nc2cccc(-c3nc4ccccc4s3)c2)cc1. The summed E-state index contributed by atoms with van der Waals surface area (Å²) >= 11 is 1.65. The molecular formula is C24H21N3O2S. The van der Waals surface area contributed by atoms with Crippen molar-refractivity contribution < 1.29 is 9.59 Å². The Kier molecular flexibility index (Phi) is 5.59. The minimum absolute atomic E-state index is 0.00378. The van der Waals surface area contributed by atoms with Crippen molar-refractivity contribution in [1.29, 1.82) is 0 Å². The Labute approximate surface area is 178 Å². The second kappa shape index (κ2) is 8.47. The Morgan fingerprint density at radius 3 is 2.43 bits per heavy atom. The molecule has 2 N–H and O–H groups in total. The van der Waals surface area contributed by atoms with Crippen molar-refractivity contribution in [3.05, 3.63) is 78.4 Å². The van der Waals surface area contributed by atoms with Gasteiger partial charge in [0.2, 0.25) is 5.91 Å². The van der Waals surface area contributed by atoms with Crippen molar-refractivity contribution in [3.8, 4) is 10.6 Å². The predicted molar refractivity (Wildman–Crippen MR) is 123 cm³/mol. The molecule has 3 aromatic carbocycles. The molecule has 0 saturated carbocycles. The number of aromatic nitrogens is 1. The zero-order valence-corrected chi connectivity index (χ0v) is 17.5. The zero-order valence-electron chi connectivity index (χ0n) is 16.7. The Morgan fingerprint density at radius 2 is 1.70 bits per heavy atom. The second-order valence-electron chi connectivity index (χ2n) is 7.06. The molecule has 5 nitrogen and oxygen atoms in total. The average Bonchev–Trinajstić information content (AvgIpc) is 3.18. The van der Waals surface area contributed by atoms with Crippen LogP contribution in [-0.2, 0) is 4.79 Å². The molecule has 1 aromatic heterocycles. The van der Waals surface area contributed by atoms with Gasteiger partial charge in [-0.25, -0.2) is 4.98 Å². The fourth-order valence-corrected chi connectivity index (χ4v) is 4.05. The number of hydrogen-bond acceptors (Lipinski definition) is 5. The summed E-state index contributed by atoms with van der Waals surface area (Å²) in [5, 5.41) is 7.06. The molecule has 0 aliphatic carbocycles. The topological polar surface area (TPSA) is 71.1 Å². The van der Waals surface area contributed by atoms with Gasteiger partial charge in [-0.15, -0.1) is 11.3 Å². The van der Waals surface area contributed by atoms with Crippen LogP contribution < -0.4 is 10.6 Å². The Bertz CT molecular complexity index is 1180. The molecule has 4 aromatic rings. The number of nitrogens with one attached hydrogen (secondary N) is 2. The molecule has 0 bridgehead atoms. The summed E-state index contributed by atoms with van der Waals surface area (Å²) in [5.41, 5.74) is 4.11. The van der Waals surface area contributed by atoms with E-state index in [0.29, 0.717) is 11.3 Å². The van der Waals surface area contributed by atoms with Gasteiger partial charge in [0.25, 0.3) is 0 Å². The van der Waals surface area contributed by atoms with Crippen molar-refractivity contribution in [3.63, 3.8) is 0 Å². The van der Waals surface area contributed by atoms with Crippen LogP contribution in [0, 0.1) is 0 Å². The van der Waals surface area contributed by atoms with Crippen molar-refractivity contribution in [2.24, 2.45) is 0 Å². The van der Waals surface area contributed by atoms with Crippen molar-refractivity contribution in [2.45, 2.75) is 19.9 Å². The summed E-state index contributed by atoms with van der Waals surface area (Å²) in [6, 6.07) is 22.4. The summed E-state index contributed by atoms with van der Waals surface area (Å²) in [4.78, 5) is 28.6. The van der Waals surface area contributed by atoms with Gasteiger partial charge >= 0.3 is 0 Å². The lowest BCUT2D eigenvalue weighted by molar-refractivity contribution is -0.116. The van der Waals surface area contributed by atoms with Gasteiger partial charge in [-0.2, -0.15) is 0 Å². The standard InChI is InChI=1S/C24H21N3O2S/c1-15(23(29)26-19-12-10-17(11-13-19)16(2)28)25-20-7-5-6-18(14-20)24-27-21-8-3-4-9-22(21)30-24/h3-15,25H,1-2H3,(H,26,29)/t15-/m0/s1. The van der Waals surface area contributed by atoms with Crippen LogP contribution >= 0.6 is 11.3 Å². The molecule has 0 saturated heterocycles. The molecule has 30 heavy (non-hydrogen) atoms. The number of anilines is 2. The molecule has 0 radical (unpaired) electrons. The van der Waals surface area contributed by atoms with Crippen molar-refractivity contribution in [1.82, 2.24) is 4.98 Å². The Balaban J connectivity index is 1.45. The number of benzene rings is 3. The first kappa shape index (κ1) is 19.8. The summed E-state index contributed by atoms with van der Waals surface area (Å²) in [6.45, 7) is 3.33. The third-order valence-electron chi connectivity index (χ3n) is 4.74. The summed E-state index contributed by atoms with van der Waals surface area (Å²) in [5.74, 6) is -0.160. The van der Waals surface area contributed by atoms with E-state index in [4.69, 9.17) is 4.98 Å². The van der Waals surface area contributed by atoms with Gasteiger partial charge in [-0.3, -0.25) is 9.59 Å².